The summed E-state index contributed by atoms with van der Waals surface area (Å²) in [7, 11) is 1.88. The van der Waals surface area contributed by atoms with Crippen LogP contribution in [0.25, 0.3) is 10.7 Å². The molecule has 0 aromatic carbocycles. The number of carbonyl (C=O) groups excluding carboxylic acids is 1. The van der Waals surface area contributed by atoms with Gasteiger partial charge in [-0.1, -0.05) is 17.8 Å². The van der Waals surface area contributed by atoms with Crippen molar-refractivity contribution in [3.63, 3.8) is 0 Å². The SMILES string of the molecule is Cc1nn(C)c(C)c1NC(=O)[C@@H](C)Sc1nnc(-c2cccs2)n1C1CC1. The van der Waals surface area contributed by atoms with Crippen LogP contribution in [0.3, 0.4) is 0 Å². The van der Waals surface area contributed by atoms with Crippen LogP contribution in [-0.2, 0) is 11.8 Å². The number of amides is 1. The second kappa shape index (κ2) is 7.12. The molecule has 3 aromatic heterocycles. The molecule has 1 amide bonds. The molecule has 1 saturated carbocycles. The minimum Gasteiger partial charge on any atom is -0.322 e. The minimum absolute atomic E-state index is 0.0535. The molecule has 0 radical (unpaired) electrons. The molecule has 3 aromatic rings. The zero-order valence-electron chi connectivity index (χ0n) is 15.8. The molecule has 1 atom stereocenters. The molecule has 4 rings (SSSR count). The lowest BCUT2D eigenvalue weighted by atomic mass is 10.3. The maximum Gasteiger partial charge on any atom is 0.237 e. The van der Waals surface area contributed by atoms with Gasteiger partial charge >= 0.3 is 0 Å². The minimum atomic E-state index is -0.290. The van der Waals surface area contributed by atoms with Crippen LogP contribution in [0.1, 0.15) is 37.2 Å². The maximum atomic E-state index is 12.7. The first-order chi connectivity index (χ1) is 13.0. The fourth-order valence-electron chi connectivity index (χ4n) is 2.98. The summed E-state index contributed by atoms with van der Waals surface area (Å²) in [6, 6.07) is 4.53. The second-order valence-electron chi connectivity index (χ2n) is 6.80. The second-order valence-corrected chi connectivity index (χ2v) is 9.06. The molecule has 0 bridgehead atoms. The molecule has 1 aliphatic carbocycles. The van der Waals surface area contributed by atoms with E-state index in [1.54, 1.807) is 16.0 Å². The Bertz CT molecular complexity index is 971. The number of aromatic nitrogens is 5. The molecule has 9 heteroatoms. The number of anilines is 1. The first-order valence-corrected chi connectivity index (χ1v) is 10.7. The van der Waals surface area contributed by atoms with E-state index in [0.29, 0.717) is 6.04 Å². The Kier molecular flexibility index (Phi) is 4.81. The molecular weight excluding hydrogens is 380 g/mol. The summed E-state index contributed by atoms with van der Waals surface area (Å²) in [5.74, 6) is 0.851. The lowest BCUT2D eigenvalue weighted by Crippen LogP contribution is -2.23. The highest BCUT2D eigenvalue weighted by Gasteiger charge is 2.32. The van der Waals surface area contributed by atoms with Crippen LogP contribution in [0, 0.1) is 13.8 Å². The van der Waals surface area contributed by atoms with E-state index in [4.69, 9.17) is 0 Å². The van der Waals surface area contributed by atoms with Crippen molar-refractivity contribution in [1.29, 1.82) is 0 Å². The normalized spacial score (nSPS) is 15.1. The van der Waals surface area contributed by atoms with Crippen molar-refractivity contribution < 1.29 is 4.79 Å². The van der Waals surface area contributed by atoms with Crippen LogP contribution in [0.2, 0.25) is 0 Å². The number of thioether (sulfide) groups is 1. The molecule has 1 aliphatic rings. The van der Waals surface area contributed by atoms with Gasteiger partial charge in [0.15, 0.2) is 11.0 Å². The number of hydrogen-bond acceptors (Lipinski definition) is 6. The number of hydrogen-bond donors (Lipinski definition) is 1. The standard InChI is InChI=1S/C18H22N6OS2/c1-10-15(11(2)23(4)22-10)19-17(25)12(3)27-18-21-20-16(14-6-5-9-26-14)24(18)13-7-8-13/h5-6,9,12-13H,7-8H2,1-4H3,(H,19,25)/t12-/m1/s1. The molecule has 7 nitrogen and oxygen atoms in total. The van der Waals surface area contributed by atoms with Crippen LogP contribution in [-0.4, -0.2) is 35.7 Å². The topological polar surface area (TPSA) is 77.6 Å². The lowest BCUT2D eigenvalue weighted by molar-refractivity contribution is -0.115. The van der Waals surface area contributed by atoms with Crippen molar-refractivity contribution in [2.45, 2.75) is 50.1 Å². The van der Waals surface area contributed by atoms with Gasteiger partial charge in [0, 0.05) is 13.1 Å². The summed E-state index contributed by atoms with van der Waals surface area (Å²) in [4.78, 5) is 13.8. The van der Waals surface area contributed by atoms with E-state index in [2.05, 4.69) is 31.2 Å². The molecule has 0 aliphatic heterocycles. The Morgan fingerprint density at radius 2 is 2.15 bits per heavy atom. The van der Waals surface area contributed by atoms with E-state index >= 15 is 0 Å². The zero-order chi connectivity index (χ0) is 19.1. The summed E-state index contributed by atoms with van der Waals surface area (Å²) in [5.41, 5.74) is 2.55. The Morgan fingerprint density at radius 3 is 2.74 bits per heavy atom. The van der Waals surface area contributed by atoms with Crippen molar-refractivity contribution in [3.8, 4) is 10.7 Å². The molecule has 0 spiro atoms. The fourth-order valence-corrected chi connectivity index (χ4v) is 4.61. The van der Waals surface area contributed by atoms with Crippen molar-refractivity contribution >= 4 is 34.7 Å². The van der Waals surface area contributed by atoms with Crippen LogP contribution in [0.5, 0.6) is 0 Å². The zero-order valence-corrected chi connectivity index (χ0v) is 17.4. The summed E-state index contributed by atoms with van der Waals surface area (Å²) >= 11 is 3.12. The predicted molar refractivity (Wildman–Crippen MR) is 108 cm³/mol. The third-order valence-electron chi connectivity index (χ3n) is 4.73. The Morgan fingerprint density at radius 1 is 1.37 bits per heavy atom. The Hall–Kier alpha value is -2.13. The fraction of sp³-hybridized carbons (Fsp3) is 0.444. The molecule has 142 valence electrons. The first kappa shape index (κ1) is 18.2. The maximum absolute atomic E-state index is 12.7. The number of carbonyl (C=O) groups is 1. The highest BCUT2D eigenvalue weighted by molar-refractivity contribution is 8.00. The molecule has 3 heterocycles. The summed E-state index contributed by atoms with van der Waals surface area (Å²) < 4.78 is 3.97. The van der Waals surface area contributed by atoms with Crippen LogP contribution in [0.4, 0.5) is 5.69 Å². The molecule has 0 unspecified atom stereocenters. The average molecular weight is 403 g/mol. The van der Waals surface area contributed by atoms with Gasteiger partial charge in [-0.05, 0) is 45.1 Å². The van der Waals surface area contributed by atoms with E-state index in [1.807, 2.05) is 39.3 Å². The highest BCUT2D eigenvalue weighted by Crippen LogP contribution is 2.42. The van der Waals surface area contributed by atoms with E-state index in [0.717, 1.165) is 45.8 Å². The summed E-state index contributed by atoms with van der Waals surface area (Å²) in [6.07, 6.45) is 2.28. The van der Waals surface area contributed by atoms with Gasteiger partial charge in [-0.25, -0.2) is 0 Å². The van der Waals surface area contributed by atoms with Gasteiger partial charge in [0.1, 0.15) is 0 Å². The first-order valence-electron chi connectivity index (χ1n) is 8.92. The molecule has 27 heavy (non-hydrogen) atoms. The van der Waals surface area contributed by atoms with Crippen LogP contribution >= 0.6 is 23.1 Å². The predicted octanol–water partition coefficient (Wildman–Crippen LogP) is 3.81. The van der Waals surface area contributed by atoms with Gasteiger partial charge in [0.25, 0.3) is 0 Å². The van der Waals surface area contributed by atoms with Gasteiger partial charge in [-0.3, -0.25) is 14.0 Å². The van der Waals surface area contributed by atoms with Crippen LogP contribution < -0.4 is 5.32 Å². The van der Waals surface area contributed by atoms with Gasteiger partial charge < -0.3 is 5.32 Å². The van der Waals surface area contributed by atoms with Crippen molar-refractivity contribution in [3.05, 3.63) is 28.9 Å². The Balaban J connectivity index is 1.53. The van der Waals surface area contributed by atoms with Gasteiger partial charge in [0.2, 0.25) is 5.91 Å². The monoisotopic (exact) mass is 402 g/mol. The molecule has 0 saturated heterocycles. The number of rotatable bonds is 6. The smallest absolute Gasteiger partial charge is 0.237 e. The number of aryl methyl sites for hydroxylation is 2. The summed E-state index contributed by atoms with van der Waals surface area (Å²) in [6.45, 7) is 5.75. The van der Waals surface area contributed by atoms with Crippen LogP contribution in [0.15, 0.2) is 22.7 Å². The van der Waals surface area contributed by atoms with E-state index < -0.39 is 0 Å². The number of nitrogens with one attached hydrogen (secondary N) is 1. The average Bonchev–Trinajstić information content (AvgIpc) is 3.07. The molecule has 1 N–H and O–H groups in total. The Labute approximate surface area is 166 Å². The lowest BCUT2D eigenvalue weighted by Gasteiger charge is -2.13. The number of thiophene rings is 1. The molecular formula is C18H22N6OS2. The largest absolute Gasteiger partial charge is 0.322 e. The van der Waals surface area contributed by atoms with Crippen molar-refractivity contribution in [2.75, 3.05) is 5.32 Å². The van der Waals surface area contributed by atoms with E-state index in [1.165, 1.54) is 11.8 Å². The third kappa shape index (κ3) is 3.53. The van der Waals surface area contributed by atoms with Crippen molar-refractivity contribution in [2.24, 2.45) is 7.05 Å². The quantitative estimate of drug-likeness (QED) is 0.635. The summed E-state index contributed by atoms with van der Waals surface area (Å²) in [5, 5.41) is 18.7. The molecule has 1 fully saturated rings. The van der Waals surface area contributed by atoms with Crippen molar-refractivity contribution in [1.82, 2.24) is 24.5 Å². The number of nitrogens with zero attached hydrogens (tertiary/aromatic N) is 5. The highest BCUT2D eigenvalue weighted by atomic mass is 32.2. The van der Waals surface area contributed by atoms with E-state index in [-0.39, 0.29) is 11.2 Å². The van der Waals surface area contributed by atoms with E-state index in [9.17, 15) is 4.79 Å². The van der Waals surface area contributed by atoms with Gasteiger partial charge in [-0.15, -0.1) is 21.5 Å². The van der Waals surface area contributed by atoms with Gasteiger partial charge in [-0.2, -0.15) is 5.10 Å². The van der Waals surface area contributed by atoms with Gasteiger partial charge in [0.05, 0.1) is 27.2 Å². The third-order valence-corrected chi connectivity index (χ3v) is 6.65.